The van der Waals surface area contributed by atoms with Gasteiger partial charge in [0.2, 0.25) is 0 Å². The van der Waals surface area contributed by atoms with Crippen molar-refractivity contribution in [2.24, 2.45) is 4.99 Å². The lowest BCUT2D eigenvalue weighted by Crippen LogP contribution is -1.95. The molecule has 0 unspecified atom stereocenters. The highest BCUT2D eigenvalue weighted by Crippen LogP contribution is 2.12. The summed E-state index contributed by atoms with van der Waals surface area (Å²) in [6, 6.07) is 0. The van der Waals surface area contributed by atoms with Crippen LogP contribution in [0.2, 0.25) is 0 Å². The number of nitrogens with zero attached hydrogens (tertiary/aromatic N) is 1. The molecule has 128 valence electrons. The molecule has 1 rings (SSSR count). The summed E-state index contributed by atoms with van der Waals surface area (Å²) in [4.78, 5) is 4.28. The molecule has 0 saturated heterocycles. The largest absolute Gasteiger partial charge is 0.479 e. The second kappa shape index (κ2) is 15.1. The lowest BCUT2D eigenvalue weighted by molar-refractivity contribution is 0.341. The van der Waals surface area contributed by atoms with Crippen molar-refractivity contribution in [1.29, 1.82) is 0 Å². The predicted molar refractivity (Wildman–Crippen MR) is 97.7 cm³/mol. The summed E-state index contributed by atoms with van der Waals surface area (Å²) >= 11 is 0. The SMILES string of the molecule is CCCCCCCCCCCCCCC=CCC1=NCCO1. The Morgan fingerprint density at radius 3 is 1.95 bits per heavy atom. The molecular weight excluding hydrogens is 270 g/mol. The van der Waals surface area contributed by atoms with Crippen molar-refractivity contribution in [3.05, 3.63) is 12.2 Å². The molecule has 0 aromatic rings. The van der Waals surface area contributed by atoms with E-state index in [0.29, 0.717) is 0 Å². The van der Waals surface area contributed by atoms with Gasteiger partial charge in [0.15, 0.2) is 5.90 Å². The van der Waals surface area contributed by atoms with Crippen molar-refractivity contribution < 1.29 is 4.74 Å². The van der Waals surface area contributed by atoms with Gasteiger partial charge in [-0.25, -0.2) is 0 Å². The molecule has 0 atom stereocenters. The molecule has 0 aromatic heterocycles. The first-order valence-electron chi connectivity index (χ1n) is 9.74. The van der Waals surface area contributed by atoms with Gasteiger partial charge in [0.1, 0.15) is 6.61 Å². The van der Waals surface area contributed by atoms with Crippen LogP contribution < -0.4 is 0 Å². The van der Waals surface area contributed by atoms with Crippen LogP contribution in [0.4, 0.5) is 0 Å². The number of rotatable bonds is 15. The smallest absolute Gasteiger partial charge is 0.187 e. The number of allylic oxidation sites excluding steroid dienone is 1. The molecule has 1 heterocycles. The summed E-state index contributed by atoms with van der Waals surface area (Å²) in [6.07, 6.45) is 23.7. The molecule has 2 heteroatoms. The summed E-state index contributed by atoms with van der Waals surface area (Å²) in [6.45, 7) is 3.92. The third kappa shape index (κ3) is 11.8. The average molecular weight is 308 g/mol. The van der Waals surface area contributed by atoms with E-state index in [1.165, 1.54) is 83.5 Å². The first-order chi connectivity index (χ1) is 10.9. The number of hydrogen-bond donors (Lipinski definition) is 0. The Kier molecular flexibility index (Phi) is 13.2. The standard InChI is InChI=1S/C20H37NO/c1-2-3-4-5-6-7-8-9-10-11-12-13-14-15-16-17-20-21-18-19-22-20/h15-16H,2-14,17-19H2,1H3. The Morgan fingerprint density at radius 2 is 1.41 bits per heavy atom. The maximum atomic E-state index is 5.37. The minimum Gasteiger partial charge on any atom is -0.479 e. The van der Waals surface area contributed by atoms with Crippen LogP contribution in [-0.4, -0.2) is 19.0 Å². The summed E-state index contributed by atoms with van der Waals surface area (Å²) in [5.41, 5.74) is 0. The molecule has 0 aromatic carbocycles. The maximum absolute atomic E-state index is 5.37. The van der Waals surface area contributed by atoms with Gasteiger partial charge in [-0.15, -0.1) is 0 Å². The molecule has 0 fully saturated rings. The van der Waals surface area contributed by atoms with Crippen molar-refractivity contribution in [3.63, 3.8) is 0 Å². The van der Waals surface area contributed by atoms with Gasteiger partial charge in [-0.2, -0.15) is 0 Å². The van der Waals surface area contributed by atoms with Gasteiger partial charge in [0.25, 0.3) is 0 Å². The van der Waals surface area contributed by atoms with E-state index in [4.69, 9.17) is 4.74 Å². The van der Waals surface area contributed by atoms with Crippen molar-refractivity contribution in [2.45, 2.75) is 96.8 Å². The van der Waals surface area contributed by atoms with Gasteiger partial charge >= 0.3 is 0 Å². The summed E-state index contributed by atoms with van der Waals surface area (Å²) in [5.74, 6) is 0.922. The van der Waals surface area contributed by atoms with Gasteiger partial charge in [-0.3, -0.25) is 4.99 Å². The Labute approximate surface area is 138 Å². The van der Waals surface area contributed by atoms with Crippen LogP contribution in [0.5, 0.6) is 0 Å². The molecular formula is C20H37NO. The minimum absolute atomic E-state index is 0.780. The summed E-state index contributed by atoms with van der Waals surface area (Å²) in [7, 11) is 0. The van der Waals surface area contributed by atoms with E-state index < -0.39 is 0 Å². The highest BCUT2D eigenvalue weighted by atomic mass is 16.5. The van der Waals surface area contributed by atoms with Gasteiger partial charge in [0, 0.05) is 6.42 Å². The van der Waals surface area contributed by atoms with E-state index in [-0.39, 0.29) is 0 Å². The van der Waals surface area contributed by atoms with E-state index >= 15 is 0 Å². The molecule has 0 saturated carbocycles. The Morgan fingerprint density at radius 1 is 0.818 bits per heavy atom. The van der Waals surface area contributed by atoms with Crippen LogP contribution in [0.3, 0.4) is 0 Å². The van der Waals surface area contributed by atoms with E-state index in [1.54, 1.807) is 0 Å². The van der Waals surface area contributed by atoms with Gasteiger partial charge in [0.05, 0.1) is 6.54 Å². The molecule has 0 amide bonds. The van der Waals surface area contributed by atoms with Gasteiger partial charge in [-0.1, -0.05) is 89.7 Å². The Hall–Kier alpha value is -0.790. The number of hydrogen-bond acceptors (Lipinski definition) is 2. The normalized spacial score (nSPS) is 14.5. The minimum atomic E-state index is 0.780. The third-order valence-electron chi connectivity index (χ3n) is 4.33. The van der Waals surface area contributed by atoms with Crippen LogP contribution in [-0.2, 0) is 4.74 Å². The van der Waals surface area contributed by atoms with Crippen molar-refractivity contribution in [1.82, 2.24) is 0 Å². The zero-order valence-corrected chi connectivity index (χ0v) is 14.8. The summed E-state index contributed by atoms with van der Waals surface area (Å²) in [5, 5.41) is 0. The van der Waals surface area contributed by atoms with Crippen LogP contribution in [0.25, 0.3) is 0 Å². The lowest BCUT2D eigenvalue weighted by atomic mass is 10.0. The van der Waals surface area contributed by atoms with Crippen LogP contribution in [0.1, 0.15) is 96.8 Å². The first kappa shape index (κ1) is 19.3. The lowest BCUT2D eigenvalue weighted by Gasteiger charge is -2.02. The Balaban J connectivity index is 1.72. The second-order valence-corrected chi connectivity index (χ2v) is 6.48. The molecule has 2 nitrogen and oxygen atoms in total. The molecule has 22 heavy (non-hydrogen) atoms. The van der Waals surface area contributed by atoms with Crippen molar-refractivity contribution in [2.75, 3.05) is 13.2 Å². The molecule has 0 aliphatic carbocycles. The van der Waals surface area contributed by atoms with Crippen molar-refractivity contribution in [3.8, 4) is 0 Å². The maximum Gasteiger partial charge on any atom is 0.187 e. The number of aliphatic imine (C=N–C) groups is 1. The fourth-order valence-corrected chi connectivity index (χ4v) is 2.91. The monoisotopic (exact) mass is 307 g/mol. The predicted octanol–water partition coefficient (Wildman–Crippen LogP) is 6.45. The molecule has 1 aliphatic rings. The zero-order chi connectivity index (χ0) is 15.7. The quantitative estimate of drug-likeness (QED) is 0.251. The van der Waals surface area contributed by atoms with E-state index in [9.17, 15) is 0 Å². The molecule has 0 radical (unpaired) electrons. The van der Waals surface area contributed by atoms with E-state index in [1.807, 2.05) is 0 Å². The van der Waals surface area contributed by atoms with Gasteiger partial charge < -0.3 is 4.74 Å². The highest BCUT2D eigenvalue weighted by molar-refractivity contribution is 5.78. The fourth-order valence-electron chi connectivity index (χ4n) is 2.91. The third-order valence-corrected chi connectivity index (χ3v) is 4.33. The fraction of sp³-hybridized carbons (Fsp3) is 0.850. The second-order valence-electron chi connectivity index (χ2n) is 6.48. The Bertz CT molecular complexity index is 296. The van der Waals surface area contributed by atoms with Crippen LogP contribution in [0, 0.1) is 0 Å². The first-order valence-corrected chi connectivity index (χ1v) is 9.74. The van der Waals surface area contributed by atoms with Crippen LogP contribution in [0.15, 0.2) is 17.1 Å². The topological polar surface area (TPSA) is 21.6 Å². The molecule has 1 aliphatic heterocycles. The molecule has 0 spiro atoms. The average Bonchev–Trinajstić information content (AvgIpc) is 3.04. The number of unbranched alkanes of at least 4 members (excludes halogenated alkanes) is 12. The molecule has 0 bridgehead atoms. The van der Waals surface area contributed by atoms with E-state index in [0.717, 1.165) is 25.5 Å². The van der Waals surface area contributed by atoms with Crippen molar-refractivity contribution >= 4 is 5.90 Å². The van der Waals surface area contributed by atoms with Crippen LogP contribution >= 0.6 is 0 Å². The zero-order valence-electron chi connectivity index (χ0n) is 14.8. The highest BCUT2D eigenvalue weighted by Gasteiger charge is 2.03. The molecule has 0 N–H and O–H groups in total. The number of ether oxygens (including phenoxy) is 1. The summed E-state index contributed by atoms with van der Waals surface area (Å²) < 4.78 is 5.37. The van der Waals surface area contributed by atoms with E-state index in [2.05, 4.69) is 24.1 Å². The van der Waals surface area contributed by atoms with Gasteiger partial charge in [-0.05, 0) is 12.8 Å².